The van der Waals surface area contributed by atoms with Gasteiger partial charge in [0.1, 0.15) is 0 Å². The van der Waals surface area contributed by atoms with Crippen LogP contribution in [0, 0.1) is 5.92 Å². The first-order valence-electron chi connectivity index (χ1n) is 5.49. The Balaban J connectivity index is 2.70. The van der Waals surface area contributed by atoms with Gasteiger partial charge in [-0.3, -0.25) is 0 Å². The van der Waals surface area contributed by atoms with E-state index < -0.39 is 6.36 Å². The van der Waals surface area contributed by atoms with Crippen molar-refractivity contribution in [1.82, 2.24) is 0 Å². The van der Waals surface area contributed by atoms with Crippen LogP contribution in [0.2, 0.25) is 0 Å². The highest BCUT2D eigenvalue weighted by Crippen LogP contribution is 2.32. The van der Waals surface area contributed by atoms with Gasteiger partial charge in [0.05, 0.1) is 6.61 Å². The molecule has 0 aliphatic rings. The zero-order valence-electron chi connectivity index (χ0n) is 9.84. The Morgan fingerprint density at radius 1 is 1.22 bits per heavy atom. The van der Waals surface area contributed by atoms with Gasteiger partial charge in [0.2, 0.25) is 0 Å². The maximum atomic E-state index is 12.2. The molecule has 0 saturated heterocycles. The number of benzene rings is 1. The molecule has 0 fully saturated rings. The van der Waals surface area contributed by atoms with E-state index in [0.717, 1.165) is 11.8 Å². The van der Waals surface area contributed by atoms with E-state index in [-0.39, 0.29) is 17.4 Å². The monoisotopic (exact) mass is 326 g/mol. The minimum Gasteiger partial charge on any atom is -0.489 e. The number of halogens is 4. The number of ether oxygens (including phenoxy) is 2. The Bertz CT molecular complexity index is 365. The van der Waals surface area contributed by atoms with E-state index in [9.17, 15) is 13.2 Å². The van der Waals surface area contributed by atoms with Crippen LogP contribution in [0.3, 0.4) is 0 Å². The molecule has 0 aromatic heterocycles. The predicted molar refractivity (Wildman–Crippen MR) is 66.2 cm³/mol. The van der Waals surface area contributed by atoms with E-state index in [1.807, 2.05) is 6.92 Å². The summed E-state index contributed by atoms with van der Waals surface area (Å²) in [7, 11) is 0. The summed E-state index contributed by atoms with van der Waals surface area (Å²) in [5.74, 6) is 0.0487. The second-order valence-corrected chi connectivity index (χ2v) is 4.38. The highest BCUT2D eigenvalue weighted by atomic mass is 79.9. The summed E-state index contributed by atoms with van der Waals surface area (Å²) in [4.78, 5) is 0. The highest BCUT2D eigenvalue weighted by molar-refractivity contribution is 9.09. The molecule has 1 rings (SSSR count). The van der Waals surface area contributed by atoms with Crippen LogP contribution in [-0.4, -0.2) is 18.3 Å². The summed E-state index contributed by atoms with van der Waals surface area (Å²) < 4.78 is 45.8. The summed E-state index contributed by atoms with van der Waals surface area (Å²) >= 11 is 3.33. The van der Waals surface area contributed by atoms with Gasteiger partial charge >= 0.3 is 6.36 Å². The molecule has 2 nitrogen and oxygen atoms in total. The highest BCUT2D eigenvalue weighted by Gasteiger charge is 2.32. The molecule has 0 heterocycles. The van der Waals surface area contributed by atoms with Crippen LogP contribution in [0.5, 0.6) is 11.5 Å². The van der Waals surface area contributed by atoms with Gasteiger partial charge in [-0.2, -0.15) is 0 Å². The molecule has 0 radical (unpaired) electrons. The second-order valence-electron chi connectivity index (χ2n) is 3.73. The molecule has 18 heavy (non-hydrogen) atoms. The third-order valence-corrected chi connectivity index (χ3v) is 3.26. The number of para-hydroxylation sites is 2. The molecule has 0 aliphatic carbocycles. The average molecular weight is 327 g/mol. The molecule has 0 spiro atoms. The summed E-state index contributed by atoms with van der Waals surface area (Å²) in [5, 5.41) is 0.742. The summed E-state index contributed by atoms with van der Waals surface area (Å²) in [6, 6.07) is 5.77. The molecule has 0 N–H and O–H groups in total. The van der Waals surface area contributed by atoms with Gasteiger partial charge in [0, 0.05) is 11.2 Å². The van der Waals surface area contributed by atoms with Crippen LogP contribution in [0.4, 0.5) is 13.2 Å². The first-order valence-corrected chi connectivity index (χ1v) is 6.62. The average Bonchev–Trinajstić information content (AvgIpc) is 2.30. The lowest BCUT2D eigenvalue weighted by molar-refractivity contribution is -0.275. The fraction of sp³-hybridized carbons (Fsp3) is 0.500. The molecule has 102 valence electrons. The summed E-state index contributed by atoms with van der Waals surface area (Å²) in [6.45, 7) is 2.34. The Labute approximate surface area is 112 Å². The van der Waals surface area contributed by atoms with Gasteiger partial charge in [0.25, 0.3) is 0 Å². The summed E-state index contributed by atoms with van der Waals surface area (Å²) in [5.41, 5.74) is 0. The molecule has 0 saturated carbocycles. The minimum absolute atomic E-state index is 0.106. The van der Waals surface area contributed by atoms with Gasteiger partial charge < -0.3 is 9.47 Å². The van der Waals surface area contributed by atoms with Crippen molar-refractivity contribution >= 4 is 15.9 Å². The number of hydrogen-bond acceptors (Lipinski definition) is 2. The quantitative estimate of drug-likeness (QED) is 0.722. The Morgan fingerprint density at radius 3 is 2.33 bits per heavy atom. The van der Waals surface area contributed by atoms with Crippen LogP contribution in [-0.2, 0) is 0 Å². The smallest absolute Gasteiger partial charge is 0.489 e. The number of alkyl halides is 4. The molecule has 1 aromatic carbocycles. The van der Waals surface area contributed by atoms with Gasteiger partial charge in [-0.15, -0.1) is 13.2 Å². The summed E-state index contributed by atoms with van der Waals surface area (Å²) in [6.07, 6.45) is -3.83. The van der Waals surface area contributed by atoms with Gasteiger partial charge in [0.15, 0.2) is 11.5 Å². The minimum atomic E-state index is -4.71. The lowest BCUT2D eigenvalue weighted by Gasteiger charge is -2.16. The molecule has 0 amide bonds. The molecule has 1 aromatic rings. The first kappa shape index (κ1) is 15.1. The van der Waals surface area contributed by atoms with Crippen molar-refractivity contribution in [1.29, 1.82) is 0 Å². The molecule has 1 unspecified atom stereocenters. The van der Waals surface area contributed by atoms with Crippen LogP contribution < -0.4 is 9.47 Å². The van der Waals surface area contributed by atoms with Crippen LogP contribution in [0.25, 0.3) is 0 Å². The van der Waals surface area contributed by atoms with Crippen LogP contribution >= 0.6 is 15.9 Å². The van der Waals surface area contributed by atoms with Crippen molar-refractivity contribution in [2.45, 2.75) is 19.7 Å². The second kappa shape index (κ2) is 6.87. The molecule has 6 heteroatoms. The third-order valence-electron chi connectivity index (χ3n) is 2.34. The first-order chi connectivity index (χ1) is 8.46. The topological polar surface area (TPSA) is 18.5 Å². The SMILES string of the molecule is CCC(CBr)COc1ccccc1OC(F)(F)F. The predicted octanol–water partition coefficient (Wildman–Crippen LogP) is 4.39. The lowest BCUT2D eigenvalue weighted by Crippen LogP contribution is -2.18. The van der Waals surface area contributed by atoms with Crippen molar-refractivity contribution in [3.05, 3.63) is 24.3 Å². The Hall–Kier alpha value is -0.910. The molecular weight excluding hydrogens is 313 g/mol. The number of hydrogen-bond donors (Lipinski definition) is 0. The third kappa shape index (κ3) is 5.16. The van der Waals surface area contributed by atoms with Crippen molar-refractivity contribution < 1.29 is 22.6 Å². The molecule has 1 atom stereocenters. The zero-order valence-corrected chi connectivity index (χ0v) is 11.4. The van der Waals surface area contributed by atoms with E-state index >= 15 is 0 Å². The Kier molecular flexibility index (Phi) is 5.78. The normalized spacial score (nSPS) is 13.2. The maximum Gasteiger partial charge on any atom is 0.573 e. The van der Waals surface area contributed by atoms with Gasteiger partial charge in [-0.05, 0) is 18.6 Å². The van der Waals surface area contributed by atoms with Crippen molar-refractivity contribution in [2.75, 3.05) is 11.9 Å². The van der Waals surface area contributed by atoms with Crippen LogP contribution in [0.15, 0.2) is 24.3 Å². The van der Waals surface area contributed by atoms with E-state index in [1.54, 1.807) is 6.07 Å². The fourth-order valence-corrected chi connectivity index (χ4v) is 1.90. The van der Waals surface area contributed by atoms with Gasteiger partial charge in [-0.25, -0.2) is 0 Å². The molecular formula is C12H14BrF3O2. The largest absolute Gasteiger partial charge is 0.573 e. The van der Waals surface area contributed by atoms with Gasteiger partial charge in [-0.1, -0.05) is 35.0 Å². The van der Waals surface area contributed by atoms with E-state index in [1.165, 1.54) is 18.2 Å². The van der Waals surface area contributed by atoms with Crippen molar-refractivity contribution in [3.8, 4) is 11.5 Å². The molecule has 0 bridgehead atoms. The Morgan fingerprint density at radius 2 is 1.83 bits per heavy atom. The van der Waals surface area contributed by atoms with E-state index in [0.29, 0.717) is 6.61 Å². The number of rotatable bonds is 6. The standard InChI is InChI=1S/C12H14BrF3O2/c1-2-9(7-13)8-17-10-5-3-4-6-11(10)18-12(14,15)16/h3-6,9H,2,7-8H2,1H3. The van der Waals surface area contributed by atoms with E-state index in [2.05, 4.69) is 20.7 Å². The lowest BCUT2D eigenvalue weighted by atomic mass is 10.1. The molecule has 0 aliphatic heterocycles. The van der Waals surface area contributed by atoms with Crippen molar-refractivity contribution in [2.24, 2.45) is 5.92 Å². The maximum absolute atomic E-state index is 12.2. The fourth-order valence-electron chi connectivity index (χ4n) is 1.26. The zero-order chi connectivity index (χ0) is 13.6. The van der Waals surface area contributed by atoms with Crippen molar-refractivity contribution in [3.63, 3.8) is 0 Å². The van der Waals surface area contributed by atoms with E-state index in [4.69, 9.17) is 4.74 Å². The van der Waals surface area contributed by atoms with Crippen LogP contribution in [0.1, 0.15) is 13.3 Å².